The zero-order valence-corrected chi connectivity index (χ0v) is 20.0. The largest absolute Gasteiger partial charge is 0.487 e. The number of allylic oxidation sites excluding steroid dienone is 1. The van der Waals surface area contributed by atoms with Crippen molar-refractivity contribution in [3.05, 3.63) is 41.4 Å². The van der Waals surface area contributed by atoms with E-state index in [0.29, 0.717) is 11.1 Å². The van der Waals surface area contributed by atoms with Crippen LogP contribution in [0.4, 0.5) is 0 Å². The van der Waals surface area contributed by atoms with Crippen LogP contribution in [0.2, 0.25) is 0 Å². The highest BCUT2D eigenvalue weighted by Crippen LogP contribution is 2.40. The zero-order chi connectivity index (χ0) is 24.2. The van der Waals surface area contributed by atoms with E-state index in [0.717, 1.165) is 5.56 Å². The summed E-state index contributed by atoms with van der Waals surface area (Å²) in [5.74, 6) is 0.452. The maximum absolute atomic E-state index is 12.8. The summed E-state index contributed by atoms with van der Waals surface area (Å²) < 4.78 is 22.6. The molecule has 1 fully saturated rings. The van der Waals surface area contributed by atoms with E-state index in [2.05, 4.69) is 6.07 Å². The maximum atomic E-state index is 12.8. The molecule has 0 atom stereocenters. The molecule has 2 rings (SSSR count). The van der Waals surface area contributed by atoms with Crippen molar-refractivity contribution in [3.63, 3.8) is 0 Å². The lowest BCUT2D eigenvalue weighted by Gasteiger charge is -2.32. The van der Waals surface area contributed by atoms with Crippen LogP contribution in [0, 0.1) is 16.7 Å². The van der Waals surface area contributed by atoms with Crippen LogP contribution in [0.5, 0.6) is 0 Å². The Balaban J connectivity index is 2.53. The molecule has 1 aliphatic heterocycles. The first-order valence-electron chi connectivity index (χ1n) is 10.8. The molecule has 0 N–H and O–H groups in total. The van der Waals surface area contributed by atoms with Gasteiger partial charge in [0.15, 0.2) is 5.41 Å². The second-order valence-electron chi connectivity index (χ2n) is 8.96. The van der Waals surface area contributed by atoms with Gasteiger partial charge in [0.25, 0.3) is 0 Å². The first-order chi connectivity index (χ1) is 14.9. The van der Waals surface area contributed by atoms with E-state index < -0.39 is 35.7 Å². The van der Waals surface area contributed by atoms with Gasteiger partial charge in [0.05, 0.1) is 36.0 Å². The van der Waals surface area contributed by atoms with Crippen molar-refractivity contribution in [3.8, 4) is 6.07 Å². The van der Waals surface area contributed by atoms with Gasteiger partial charge in [0.2, 0.25) is 0 Å². The van der Waals surface area contributed by atoms with Gasteiger partial charge >= 0.3 is 19.1 Å². The molecule has 0 unspecified atom stereocenters. The molecular formula is C24H32BNO6. The highest BCUT2D eigenvalue weighted by atomic mass is 16.7. The van der Waals surface area contributed by atoms with Gasteiger partial charge < -0.3 is 18.8 Å². The first-order valence-corrected chi connectivity index (χ1v) is 10.8. The number of carbonyl (C=O) groups excluding carboxylic acids is 2. The number of ether oxygens (including phenoxy) is 2. The molecule has 8 heteroatoms. The molecule has 0 bridgehead atoms. The van der Waals surface area contributed by atoms with Crippen molar-refractivity contribution >= 4 is 24.6 Å². The molecule has 0 radical (unpaired) electrons. The average Bonchev–Trinajstić information content (AvgIpc) is 2.93. The molecular weight excluding hydrogens is 409 g/mol. The van der Waals surface area contributed by atoms with E-state index >= 15 is 0 Å². The predicted molar refractivity (Wildman–Crippen MR) is 121 cm³/mol. The summed E-state index contributed by atoms with van der Waals surface area (Å²) >= 11 is 0. The van der Waals surface area contributed by atoms with Crippen molar-refractivity contribution in [1.29, 1.82) is 5.26 Å². The van der Waals surface area contributed by atoms with Crippen molar-refractivity contribution in [2.45, 2.75) is 66.1 Å². The Bertz CT molecular complexity index is 879. The molecule has 1 aromatic rings. The Labute approximate surface area is 190 Å². The van der Waals surface area contributed by atoms with Crippen molar-refractivity contribution < 1.29 is 28.4 Å². The van der Waals surface area contributed by atoms with E-state index in [1.54, 1.807) is 44.1 Å². The second-order valence-corrected chi connectivity index (χ2v) is 8.96. The number of rotatable bonds is 8. The first kappa shape index (κ1) is 25.6. The summed E-state index contributed by atoms with van der Waals surface area (Å²) in [5.41, 5.74) is -0.766. The zero-order valence-electron chi connectivity index (χ0n) is 20.0. The normalized spacial score (nSPS) is 17.6. The molecule has 0 aliphatic carbocycles. The topological polar surface area (TPSA) is 94.9 Å². The highest BCUT2D eigenvalue weighted by molar-refractivity contribution is 6.53. The molecule has 0 spiro atoms. The van der Waals surface area contributed by atoms with E-state index in [4.69, 9.17) is 24.0 Å². The van der Waals surface area contributed by atoms with Gasteiger partial charge in [-0.25, -0.2) is 0 Å². The lowest BCUT2D eigenvalue weighted by molar-refractivity contribution is -0.170. The minimum Gasteiger partial charge on any atom is -0.465 e. The van der Waals surface area contributed by atoms with Crippen LogP contribution >= 0.6 is 0 Å². The molecule has 7 nitrogen and oxygen atoms in total. The molecule has 172 valence electrons. The minimum atomic E-state index is -1.56. The minimum absolute atomic E-state index is 0.0145. The highest BCUT2D eigenvalue weighted by Gasteiger charge is 2.51. The van der Waals surface area contributed by atoms with Crippen LogP contribution in [-0.2, 0) is 28.4 Å². The Kier molecular flexibility index (Phi) is 7.92. The van der Waals surface area contributed by atoms with Gasteiger partial charge in [-0.15, -0.1) is 0 Å². The Morgan fingerprint density at radius 3 is 1.91 bits per heavy atom. The molecule has 1 saturated heterocycles. The molecule has 0 aromatic heterocycles. The number of benzene rings is 1. The van der Waals surface area contributed by atoms with Crippen LogP contribution in [0.1, 0.15) is 66.0 Å². The SMILES string of the molecule is CCOC(=O)C(C)(C/C(=C\B1OC(C)(C)C(C)(C)O1)c1ccc(C#N)cc1)C(=O)OCC. The summed E-state index contributed by atoms with van der Waals surface area (Å²) in [6, 6.07) is 8.99. The standard InChI is InChI=1S/C24H32BNO6/c1-8-29-20(27)24(7,21(28)30-9-2)14-19(18-12-10-17(16-26)11-13-18)15-25-31-22(3,4)23(5,6)32-25/h10-13,15H,8-9,14H2,1-7H3/b19-15+. The quantitative estimate of drug-likeness (QED) is 0.341. The lowest BCUT2D eigenvalue weighted by atomic mass is 9.76. The summed E-state index contributed by atoms with van der Waals surface area (Å²) in [7, 11) is -0.681. The second kappa shape index (κ2) is 9.89. The molecule has 1 aromatic carbocycles. The van der Waals surface area contributed by atoms with Gasteiger partial charge in [-0.1, -0.05) is 18.1 Å². The summed E-state index contributed by atoms with van der Waals surface area (Å²) in [6.45, 7) is 13.0. The van der Waals surface area contributed by atoms with Gasteiger partial charge in [-0.2, -0.15) is 5.26 Å². The van der Waals surface area contributed by atoms with Crippen molar-refractivity contribution in [2.24, 2.45) is 5.41 Å². The molecule has 0 saturated carbocycles. The smallest absolute Gasteiger partial charge is 0.465 e. The number of esters is 2. The number of nitriles is 1. The van der Waals surface area contributed by atoms with Gasteiger partial charge in [-0.3, -0.25) is 9.59 Å². The number of hydrogen-bond acceptors (Lipinski definition) is 7. The Morgan fingerprint density at radius 1 is 1.03 bits per heavy atom. The summed E-state index contributed by atoms with van der Waals surface area (Å²) in [5, 5.41) is 9.14. The molecule has 1 heterocycles. The fourth-order valence-electron chi connectivity index (χ4n) is 3.33. The van der Waals surface area contributed by atoms with Crippen LogP contribution < -0.4 is 0 Å². The third kappa shape index (κ3) is 5.40. The number of carbonyl (C=O) groups is 2. The Hall–Kier alpha value is -2.63. The molecule has 1 aliphatic rings. The van der Waals surface area contributed by atoms with Crippen LogP contribution in [-0.4, -0.2) is 43.5 Å². The third-order valence-electron chi connectivity index (χ3n) is 5.99. The molecule has 0 amide bonds. The Morgan fingerprint density at radius 2 is 1.50 bits per heavy atom. The predicted octanol–water partition coefficient (Wildman–Crippen LogP) is 4.10. The summed E-state index contributed by atoms with van der Waals surface area (Å²) in [4.78, 5) is 25.7. The van der Waals surface area contributed by atoms with Gasteiger partial charge in [0.1, 0.15) is 0 Å². The monoisotopic (exact) mass is 441 g/mol. The number of nitrogens with zero attached hydrogens (tertiary/aromatic N) is 1. The van der Waals surface area contributed by atoms with Crippen molar-refractivity contribution in [2.75, 3.05) is 13.2 Å². The third-order valence-corrected chi connectivity index (χ3v) is 5.99. The van der Waals surface area contributed by atoms with E-state index in [1.165, 1.54) is 6.92 Å². The van der Waals surface area contributed by atoms with Crippen LogP contribution in [0.25, 0.3) is 5.57 Å². The van der Waals surface area contributed by atoms with E-state index in [-0.39, 0.29) is 19.6 Å². The van der Waals surface area contributed by atoms with E-state index in [9.17, 15) is 9.59 Å². The van der Waals surface area contributed by atoms with E-state index in [1.807, 2.05) is 27.7 Å². The number of hydrogen-bond donors (Lipinski definition) is 0. The fourth-order valence-corrected chi connectivity index (χ4v) is 3.33. The van der Waals surface area contributed by atoms with Gasteiger partial charge in [-0.05, 0) is 78.2 Å². The average molecular weight is 441 g/mol. The maximum Gasteiger partial charge on any atom is 0.487 e. The van der Waals surface area contributed by atoms with Gasteiger partial charge in [0, 0.05) is 0 Å². The lowest BCUT2D eigenvalue weighted by Crippen LogP contribution is -2.41. The molecule has 32 heavy (non-hydrogen) atoms. The van der Waals surface area contributed by atoms with Crippen molar-refractivity contribution in [1.82, 2.24) is 0 Å². The fraction of sp³-hybridized carbons (Fsp3) is 0.542. The van der Waals surface area contributed by atoms with Crippen LogP contribution in [0.15, 0.2) is 30.2 Å². The van der Waals surface area contributed by atoms with Crippen LogP contribution in [0.3, 0.4) is 0 Å². The summed E-state index contributed by atoms with van der Waals surface area (Å²) in [6.07, 6.45) is 0.0145.